The van der Waals surface area contributed by atoms with Crippen molar-refractivity contribution in [2.24, 2.45) is 0 Å². The molecule has 0 unspecified atom stereocenters. The fourth-order valence-corrected chi connectivity index (χ4v) is 3.89. The lowest BCUT2D eigenvalue weighted by Gasteiger charge is -2.34. The number of benzene rings is 1. The number of carboxylic acid groups (broad SMARTS) is 1. The molecule has 1 fully saturated rings. The first-order chi connectivity index (χ1) is 12.1. The molecule has 1 N–H and O–H groups in total. The first-order valence-corrected chi connectivity index (χ1v) is 9.77. The van der Waals surface area contributed by atoms with Crippen LogP contribution in [0.25, 0.3) is 11.4 Å². The van der Waals surface area contributed by atoms with E-state index in [4.69, 9.17) is 5.11 Å². The van der Waals surface area contributed by atoms with Crippen molar-refractivity contribution in [2.45, 2.75) is 0 Å². The molecule has 1 aliphatic rings. The predicted molar refractivity (Wildman–Crippen MR) is 99.1 cm³/mol. The van der Waals surface area contributed by atoms with Gasteiger partial charge in [0.1, 0.15) is 0 Å². The van der Waals surface area contributed by atoms with E-state index in [1.54, 1.807) is 4.90 Å². The molecule has 25 heavy (non-hydrogen) atoms. The second kappa shape index (κ2) is 8.30. The summed E-state index contributed by atoms with van der Waals surface area (Å²) in [6.07, 6.45) is 0. The molecule has 132 valence electrons. The van der Waals surface area contributed by atoms with E-state index in [1.807, 2.05) is 30.3 Å². The molecule has 0 saturated carbocycles. The Morgan fingerprint density at radius 2 is 1.84 bits per heavy atom. The Hall–Kier alpha value is -2.13. The van der Waals surface area contributed by atoms with Crippen LogP contribution in [0.1, 0.15) is 0 Å². The van der Waals surface area contributed by atoms with Gasteiger partial charge in [-0.3, -0.25) is 9.59 Å². The second-order valence-corrected chi connectivity index (χ2v) is 7.24. The molecular weight excluding hydrogens is 360 g/mol. The fraction of sp³-hybridized carbons (Fsp3) is 0.375. The number of anilines is 1. The maximum atomic E-state index is 12.1. The van der Waals surface area contributed by atoms with Crippen molar-refractivity contribution in [2.75, 3.05) is 42.6 Å². The highest BCUT2D eigenvalue weighted by Gasteiger charge is 2.23. The van der Waals surface area contributed by atoms with Crippen molar-refractivity contribution in [3.63, 3.8) is 0 Å². The summed E-state index contributed by atoms with van der Waals surface area (Å²) in [7, 11) is 0. The summed E-state index contributed by atoms with van der Waals surface area (Å²) in [6.45, 7) is 2.65. The minimum Gasteiger partial charge on any atom is -0.481 e. The lowest BCUT2D eigenvalue weighted by molar-refractivity contribution is -0.133. The summed E-state index contributed by atoms with van der Waals surface area (Å²) in [6, 6.07) is 9.85. The van der Waals surface area contributed by atoms with Gasteiger partial charge in [0.25, 0.3) is 0 Å². The van der Waals surface area contributed by atoms with Crippen molar-refractivity contribution in [1.29, 1.82) is 0 Å². The number of hydrogen-bond donors (Lipinski definition) is 1. The fourth-order valence-electron chi connectivity index (χ4n) is 2.51. The molecule has 7 nitrogen and oxygen atoms in total. The predicted octanol–water partition coefficient (Wildman–Crippen LogP) is 1.67. The number of carbonyl (C=O) groups excluding carboxylic acids is 1. The van der Waals surface area contributed by atoms with Gasteiger partial charge < -0.3 is 14.9 Å². The van der Waals surface area contributed by atoms with Crippen LogP contribution < -0.4 is 4.90 Å². The topological polar surface area (TPSA) is 86.6 Å². The van der Waals surface area contributed by atoms with Crippen LogP contribution >= 0.6 is 23.3 Å². The van der Waals surface area contributed by atoms with Gasteiger partial charge in [0.15, 0.2) is 5.82 Å². The molecule has 0 aliphatic carbocycles. The van der Waals surface area contributed by atoms with Gasteiger partial charge in [0.2, 0.25) is 11.0 Å². The molecule has 1 amide bonds. The van der Waals surface area contributed by atoms with E-state index in [1.165, 1.54) is 11.5 Å². The Morgan fingerprint density at radius 1 is 1.12 bits per heavy atom. The van der Waals surface area contributed by atoms with Crippen LogP contribution in [-0.4, -0.2) is 68.9 Å². The zero-order chi connectivity index (χ0) is 17.6. The second-order valence-electron chi connectivity index (χ2n) is 5.52. The summed E-state index contributed by atoms with van der Waals surface area (Å²) in [5, 5.41) is 9.48. The highest BCUT2D eigenvalue weighted by atomic mass is 32.2. The van der Waals surface area contributed by atoms with E-state index in [2.05, 4.69) is 14.3 Å². The highest BCUT2D eigenvalue weighted by Crippen LogP contribution is 2.24. The van der Waals surface area contributed by atoms with E-state index in [-0.39, 0.29) is 17.4 Å². The summed E-state index contributed by atoms with van der Waals surface area (Å²) in [4.78, 5) is 31.1. The lowest BCUT2D eigenvalue weighted by Crippen LogP contribution is -2.49. The number of carboxylic acids is 1. The Morgan fingerprint density at radius 3 is 2.52 bits per heavy atom. The average Bonchev–Trinajstić information content (AvgIpc) is 3.12. The van der Waals surface area contributed by atoms with Crippen LogP contribution in [0, 0.1) is 0 Å². The molecule has 1 aliphatic heterocycles. The van der Waals surface area contributed by atoms with E-state index < -0.39 is 5.97 Å². The molecule has 0 atom stereocenters. The van der Waals surface area contributed by atoms with Gasteiger partial charge in [-0.25, -0.2) is 0 Å². The van der Waals surface area contributed by atoms with Crippen molar-refractivity contribution in [3.8, 4) is 11.4 Å². The molecule has 1 aromatic heterocycles. The van der Waals surface area contributed by atoms with Crippen LogP contribution in [0.15, 0.2) is 30.3 Å². The number of thioether (sulfide) groups is 1. The zero-order valence-corrected chi connectivity index (χ0v) is 15.1. The standard InChI is InChI=1S/C16H18N4O3S2/c21-13(10-24-11-14(22)23)19-6-8-20(9-7-19)16-17-15(18-25-16)12-4-2-1-3-5-12/h1-5H,6-11H2,(H,22,23). The van der Waals surface area contributed by atoms with E-state index in [9.17, 15) is 9.59 Å². The third-order valence-electron chi connectivity index (χ3n) is 3.80. The van der Waals surface area contributed by atoms with Crippen LogP contribution in [0.5, 0.6) is 0 Å². The van der Waals surface area contributed by atoms with Crippen molar-refractivity contribution in [3.05, 3.63) is 30.3 Å². The summed E-state index contributed by atoms with van der Waals surface area (Å²) < 4.78 is 4.42. The molecule has 1 saturated heterocycles. The summed E-state index contributed by atoms with van der Waals surface area (Å²) in [5.41, 5.74) is 0.995. The van der Waals surface area contributed by atoms with Crippen molar-refractivity contribution < 1.29 is 14.7 Å². The average molecular weight is 378 g/mol. The molecule has 3 rings (SSSR count). The zero-order valence-electron chi connectivity index (χ0n) is 13.5. The number of piperazine rings is 1. The Labute approximate surface area is 153 Å². The van der Waals surface area contributed by atoms with Crippen LogP contribution in [0.3, 0.4) is 0 Å². The van der Waals surface area contributed by atoms with Gasteiger partial charge in [-0.15, -0.1) is 11.8 Å². The van der Waals surface area contributed by atoms with Gasteiger partial charge in [-0.2, -0.15) is 9.36 Å². The summed E-state index contributed by atoms with van der Waals surface area (Å²) >= 11 is 2.51. The molecule has 2 aromatic rings. The first-order valence-electron chi connectivity index (χ1n) is 7.85. The Kier molecular flexibility index (Phi) is 5.87. The lowest BCUT2D eigenvalue weighted by atomic mass is 10.2. The minimum atomic E-state index is -0.895. The Balaban J connectivity index is 1.52. The number of carbonyl (C=O) groups is 2. The normalized spacial score (nSPS) is 14.6. The SMILES string of the molecule is O=C(O)CSCC(=O)N1CCN(c2nc(-c3ccccc3)ns2)CC1. The molecule has 9 heteroatoms. The number of aromatic nitrogens is 2. The third kappa shape index (κ3) is 4.70. The van der Waals surface area contributed by atoms with Gasteiger partial charge in [0, 0.05) is 43.3 Å². The molecule has 2 heterocycles. The number of nitrogens with zero attached hydrogens (tertiary/aromatic N) is 4. The van der Waals surface area contributed by atoms with Crippen LogP contribution in [-0.2, 0) is 9.59 Å². The number of rotatable bonds is 6. The van der Waals surface area contributed by atoms with Gasteiger partial charge >= 0.3 is 5.97 Å². The van der Waals surface area contributed by atoms with Crippen LogP contribution in [0.2, 0.25) is 0 Å². The first kappa shape index (κ1) is 17.7. The number of hydrogen-bond acceptors (Lipinski definition) is 7. The highest BCUT2D eigenvalue weighted by molar-refractivity contribution is 8.00. The van der Waals surface area contributed by atoms with Gasteiger partial charge in [-0.1, -0.05) is 30.3 Å². The minimum absolute atomic E-state index is 0.00635. The van der Waals surface area contributed by atoms with Crippen molar-refractivity contribution >= 4 is 40.3 Å². The van der Waals surface area contributed by atoms with E-state index >= 15 is 0 Å². The smallest absolute Gasteiger partial charge is 0.313 e. The monoisotopic (exact) mass is 378 g/mol. The molecular formula is C16H18N4O3S2. The largest absolute Gasteiger partial charge is 0.481 e. The van der Waals surface area contributed by atoms with Crippen LogP contribution in [0.4, 0.5) is 5.13 Å². The van der Waals surface area contributed by atoms with Gasteiger partial charge in [-0.05, 0) is 0 Å². The summed E-state index contributed by atoms with van der Waals surface area (Å²) in [5.74, 6) is -0.00687. The van der Waals surface area contributed by atoms with Crippen molar-refractivity contribution in [1.82, 2.24) is 14.3 Å². The number of amides is 1. The molecule has 0 radical (unpaired) electrons. The van der Waals surface area contributed by atoms with E-state index in [0.29, 0.717) is 26.2 Å². The maximum absolute atomic E-state index is 12.1. The molecule has 0 spiro atoms. The number of aliphatic carboxylic acids is 1. The quantitative estimate of drug-likeness (QED) is 0.818. The third-order valence-corrected chi connectivity index (χ3v) is 5.48. The maximum Gasteiger partial charge on any atom is 0.313 e. The molecule has 1 aromatic carbocycles. The Bertz CT molecular complexity index is 730. The van der Waals surface area contributed by atoms with E-state index in [0.717, 1.165) is 28.3 Å². The molecule has 0 bridgehead atoms. The van der Waals surface area contributed by atoms with Gasteiger partial charge in [0.05, 0.1) is 11.5 Å².